The summed E-state index contributed by atoms with van der Waals surface area (Å²) in [5.74, 6) is 1.34. The van der Waals surface area contributed by atoms with Crippen molar-refractivity contribution < 1.29 is 0 Å². The minimum absolute atomic E-state index is 0.621. The molecule has 2 nitrogen and oxygen atoms in total. The van der Waals surface area contributed by atoms with Crippen LogP contribution in [0.2, 0.25) is 0 Å². The summed E-state index contributed by atoms with van der Waals surface area (Å²) in [5, 5.41) is 4.27. The Bertz CT molecular complexity index is 268. The van der Waals surface area contributed by atoms with Gasteiger partial charge in [-0.3, -0.25) is 4.98 Å². The summed E-state index contributed by atoms with van der Waals surface area (Å²) < 4.78 is 0. The Balaban J connectivity index is 1.91. The molecule has 0 aliphatic carbocycles. The number of nitrogens with zero attached hydrogens (tertiary/aromatic N) is 1. The number of likely N-dealkylation sites (N-methyl/N-ethyl adjacent to an activating group) is 1. The zero-order chi connectivity index (χ0) is 10.5. The van der Waals surface area contributed by atoms with Crippen LogP contribution in [0.25, 0.3) is 0 Å². The highest BCUT2D eigenvalue weighted by molar-refractivity contribution is 8.00. The molecule has 1 N–H and O–H groups in total. The molecule has 0 aromatic carbocycles. The molecule has 2 heterocycles. The van der Waals surface area contributed by atoms with Gasteiger partial charge in [-0.25, -0.2) is 0 Å². The van der Waals surface area contributed by atoms with E-state index in [1.807, 2.05) is 11.7 Å². The minimum atomic E-state index is 0.621. The first-order valence-corrected chi connectivity index (χ1v) is 7.49. The van der Waals surface area contributed by atoms with Crippen LogP contribution >= 0.6 is 23.1 Å². The minimum Gasteiger partial charge on any atom is -0.316 e. The van der Waals surface area contributed by atoms with E-state index in [2.05, 4.69) is 29.1 Å². The first-order chi connectivity index (χ1) is 7.40. The van der Waals surface area contributed by atoms with Crippen molar-refractivity contribution >= 4 is 23.1 Å². The van der Waals surface area contributed by atoms with E-state index < -0.39 is 0 Å². The monoisotopic (exact) mass is 242 g/mol. The molecule has 0 saturated carbocycles. The van der Waals surface area contributed by atoms with Gasteiger partial charge in [0.05, 0.1) is 5.51 Å². The highest BCUT2D eigenvalue weighted by Gasteiger charge is 2.23. The van der Waals surface area contributed by atoms with Crippen molar-refractivity contribution in [1.82, 2.24) is 10.3 Å². The van der Waals surface area contributed by atoms with E-state index in [-0.39, 0.29) is 0 Å². The predicted octanol–water partition coefficient (Wildman–Crippen LogP) is 2.56. The number of rotatable bonds is 4. The Kier molecular flexibility index (Phi) is 4.47. The average Bonchev–Trinajstić information content (AvgIpc) is 2.80. The third-order valence-corrected chi connectivity index (χ3v) is 5.26. The first kappa shape index (κ1) is 11.4. The Morgan fingerprint density at radius 3 is 3.13 bits per heavy atom. The standard InChI is InChI=1S/C11H18N2S2/c1-12-10(6-9-7-13-8-15-9)11-4-2-3-5-14-11/h7-8,10-12H,2-6H2,1H3. The van der Waals surface area contributed by atoms with Gasteiger partial charge < -0.3 is 5.32 Å². The molecule has 0 amide bonds. The fourth-order valence-corrected chi connectivity index (χ4v) is 4.19. The molecule has 2 atom stereocenters. The quantitative estimate of drug-likeness (QED) is 0.878. The maximum Gasteiger partial charge on any atom is 0.0794 e. The van der Waals surface area contributed by atoms with Crippen LogP contribution in [0.5, 0.6) is 0 Å². The van der Waals surface area contributed by atoms with Crippen LogP contribution in [0.4, 0.5) is 0 Å². The van der Waals surface area contributed by atoms with Crippen molar-refractivity contribution in [2.75, 3.05) is 12.8 Å². The lowest BCUT2D eigenvalue weighted by Gasteiger charge is -2.29. The van der Waals surface area contributed by atoms with Gasteiger partial charge >= 0.3 is 0 Å². The lowest BCUT2D eigenvalue weighted by molar-refractivity contribution is 0.497. The molecule has 0 radical (unpaired) electrons. The van der Waals surface area contributed by atoms with Gasteiger partial charge in [-0.1, -0.05) is 6.42 Å². The van der Waals surface area contributed by atoms with Crippen molar-refractivity contribution in [2.45, 2.75) is 37.0 Å². The lowest BCUT2D eigenvalue weighted by Crippen LogP contribution is -2.38. The number of aromatic nitrogens is 1. The zero-order valence-electron chi connectivity index (χ0n) is 9.11. The van der Waals surface area contributed by atoms with Crippen molar-refractivity contribution in [3.63, 3.8) is 0 Å². The maximum absolute atomic E-state index is 4.14. The van der Waals surface area contributed by atoms with Gasteiger partial charge in [-0.15, -0.1) is 11.3 Å². The molecule has 1 saturated heterocycles. The fourth-order valence-electron chi connectivity index (χ4n) is 2.06. The highest BCUT2D eigenvalue weighted by atomic mass is 32.2. The van der Waals surface area contributed by atoms with Gasteiger partial charge in [0, 0.05) is 22.4 Å². The molecule has 1 aliphatic rings. The molecule has 1 aromatic rings. The van der Waals surface area contributed by atoms with Gasteiger partial charge in [0.2, 0.25) is 0 Å². The van der Waals surface area contributed by atoms with Gasteiger partial charge in [-0.2, -0.15) is 11.8 Å². The Labute approximate surface area is 99.9 Å². The maximum atomic E-state index is 4.14. The van der Waals surface area contributed by atoms with E-state index in [0.29, 0.717) is 6.04 Å². The molecule has 4 heteroatoms. The van der Waals surface area contributed by atoms with E-state index in [4.69, 9.17) is 0 Å². The highest BCUT2D eigenvalue weighted by Crippen LogP contribution is 2.29. The van der Waals surface area contributed by atoms with Crippen molar-refractivity contribution in [1.29, 1.82) is 0 Å². The molecule has 1 aliphatic heterocycles. The number of thiazole rings is 1. The van der Waals surface area contributed by atoms with E-state index in [1.54, 1.807) is 11.3 Å². The second-order valence-corrected chi connectivity index (χ2v) is 6.29. The molecule has 84 valence electrons. The predicted molar refractivity (Wildman–Crippen MR) is 68.8 cm³/mol. The summed E-state index contributed by atoms with van der Waals surface area (Å²) in [6, 6.07) is 0.621. The summed E-state index contributed by atoms with van der Waals surface area (Å²) >= 11 is 3.91. The van der Waals surface area contributed by atoms with Crippen LogP contribution in [-0.4, -0.2) is 29.1 Å². The topological polar surface area (TPSA) is 24.9 Å². The molecular weight excluding hydrogens is 224 g/mol. The second kappa shape index (κ2) is 5.87. The molecular formula is C11H18N2S2. The van der Waals surface area contributed by atoms with Crippen molar-refractivity contribution in [2.24, 2.45) is 0 Å². The van der Waals surface area contributed by atoms with Crippen LogP contribution in [0.1, 0.15) is 24.1 Å². The summed E-state index contributed by atoms with van der Waals surface area (Å²) in [4.78, 5) is 5.54. The summed E-state index contributed by atoms with van der Waals surface area (Å²) in [6.07, 6.45) is 7.31. The van der Waals surface area contributed by atoms with E-state index in [1.165, 1.54) is 29.9 Å². The van der Waals surface area contributed by atoms with Gasteiger partial charge in [0.15, 0.2) is 0 Å². The summed E-state index contributed by atoms with van der Waals surface area (Å²) in [7, 11) is 2.08. The second-order valence-electron chi connectivity index (χ2n) is 3.97. The number of thioether (sulfide) groups is 1. The van der Waals surface area contributed by atoms with Gasteiger partial charge in [-0.05, 0) is 32.1 Å². The van der Waals surface area contributed by atoms with Crippen LogP contribution in [0.3, 0.4) is 0 Å². The smallest absolute Gasteiger partial charge is 0.0794 e. The van der Waals surface area contributed by atoms with E-state index >= 15 is 0 Å². The Hall–Kier alpha value is -0.0600. The molecule has 0 spiro atoms. The molecule has 0 bridgehead atoms. The molecule has 2 unspecified atom stereocenters. The van der Waals surface area contributed by atoms with Gasteiger partial charge in [0.1, 0.15) is 0 Å². The number of nitrogens with one attached hydrogen (secondary N) is 1. The van der Waals surface area contributed by atoms with Crippen LogP contribution in [0, 0.1) is 0 Å². The fraction of sp³-hybridized carbons (Fsp3) is 0.727. The summed E-state index contributed by atoms with van der Waals surface area (Å²) in [6.45, 7) is 0. The van der Waals surface area contributed by atoms with Crippen molar-refractivity contribution in [3.05, 3.63) is 16.6 Å². The zero-order valence-corrected chi connectivity index (χ0v) is 10.7. The lowest BCUT2D eigenvalue weighted by atomic mass is 10.0. The van der Waals surface area contributed by atoms with Crippen LogP contribution in [0.15, 0.2) is 11.7 Å². The summed E-state index contributed by atoms with van der Waals surface area (Å²) in [5.41, 5.74) is 1.93. The average molecular weight is 242 g/mol. The molecule has 15 heavy (non-hydrogen) atoms. The molecule has 1 fully saturated rings. The number of hydrogen-bond acceptors (Lipinski definition) is 4. The normalized spacial score (nSPS) is 23.9. The number of hydrogen-bond donors (Lipinski definition) is 1. The molecule has 1 aromatic heterocycles. The van der Waals surface area contributed by atoms with Crippen LogP contribution < -0.4 is 5.32 Å². The third-order valence-electron chi connectivity index (χ3n) is 2.94. The van der Waals surface area contributed by atoms with E-state index in [9.17, 15) is 0 Å². The first-order valence-electron chi connectivity index (χ1n) is 5.56. The van der Waals surface area contributed by atoms with Gasteiger partial charge in [0.25, 0.3) is 0 Å². The van der Waals surface area contributed by atoms with Crippen LogP contribution in [-0.2, 0) is 6.42 Å². The Morgan fingerprint density at radius 2 is 2.53 bits per heavy atom. The van der Waals surface area contributed by atoms with Crippen molar-refractivity contribution in [3.8, 4) is 0 Å². The van der Waals surface area contributed by atoms with E-state index in [0.717, 1.165) is 11.7 Å². The Morgan fingerprint density at radius 1 is 1.60 bits per heavy atom. The largest absolute Gasteiger partial charge is 0.316 e. The molecule has 2 rings (SSSR count). The third kappa shape index (κ3) is 3.20. The SMILES string of the molecule is CNC(Cc1cncs1)C1CCCCS1.